The Labute approximate surface area is 181 Å². The van der Waals surface area contributed by atoms with E-state index in [1.807, 2.05) is 51.1 Å². The third-order valence-electron chi connectivity index (χ3n) is 5.30. The molecule has 0 fully saturated rings. The first-order valence-corrected chi connectivity index (χ1v) is 10.4. The van der Waals surface area contributed by atoms with E-state index in [0.717, 1.165) is 11.1 Å². The molecule has 1 atom stereocenters. The van der Waals surface area contributed by atoms with Gasteiger partial charge in [0.05, 0.1) is 36.1 Å². The Morgan fingerprint density at radius 1 is 0.839 bits per heavy atom. The zero-order chi connectivity index (χ0) is 22.0. The van der Waals surface area contributed by atoms with E-state index in [9.17, 15) is 9.59 Å². The van der Waals surface area contributed by atoms with Crippen molar-refractivity contribution >= 4 is 11.8 Å². The number of benzene rings is 2. The molecule has 0 spiro atoms. The van der Waals surface area contributed by atoms with Gasteiger partial charge >= 0.3 is 0 Å². The zero-order valence-electron chi connectivity index (χ0n) is 17.8. The lowest BCUT2D eigenvalue weighted by molar-refractivity contribution is 0.0592. The van der Waals surface area contributed by atoms with Gasteiger partial charge in [-0.25, -0.2) is 0 Å². The Hall–Kier alpha value is -3.67. The van der Waals surface area contributed by atoms with E-state index >= 15 is 0 Å². The standard InChI is InChI=1S/C25H24N2O4/c1-4-30-21-13-12-17(15-22(21)31-5-2)18-11-8-14-26-23(18)16(3)27-24(28)19-9-6-7-10-20(19)25(27)29/h6-16H,4-5H2,1-3H3. The first-order chi connectivity index (χ1) is 15.1. The van der Waals surface area contributed by atoms with E-state index in [0.29, 0.717) is 41.5 Å². The average molecular weight is 416 g/mol. The number of aromatic nitrogens is 1. The first kappa shape index (κ1) is 20.6. The van der Waals surface area contributed by atoms with Crippen LogP contribution < -0.4 is 9.47 Å². The molecule has 31 heavy (non-hydrogen) atoms. The molecule has 1 aliphatic heterocycles. The van der Waals surface area contributed by atoms with Crippen molar-refractivity contribution < 1.29 is 19.1 Å². The largest absolute Gasteiger partial charge is 0.490 e. The normalized spacial score (nSPS) is 13.8. The third-order valence-corrected chi connectivity index (χ3v) is 5.30. The van der Waals surface area contributed by atoms with Gasteiger partial charge in [0.2, 0.25) is 0 Å². The fraction of sp³-hybridized carbons (Fsp3) is 0.240. The van der Waals surface area contributed by atoms with Crippen LogP contribution in [0.2, 0.25) is 0 Å². The van der Waals surface area contributed by atoms with Gasteiger partial charge < -0.3 is 9.47 Å². The number of carbonyl (C=O) groups excluding carboxylic acids is 2. The number of imide groups is 1. The highest BCUT2D eigenvalue weighted by Crippen LogP contribution is 2.38. The minimum absolute atomic E-state index is 0.300. The van der Waals surface area contributed by atoms with Crippen LogP contribution in [0, 0.1) is 0 Å². The van der Waals surface area contributed by atoms with Gasteiger partial charge in [0.15, 0.2) is 11.5 Å². The van der Waals surface area contributed by atoms with Gasteiger partial charge in [-0.1, -0.05) is 24.3 Å². The molecule has 2 heterocycles. The number of hydrogen-bond acceptors (Lipinski definition) is 5. The van der Waals surface area contributed by atoms with Crippen molar-refractivity contribution in [2.45, 2.75) is 26.8 Å². The minimum atomic E-state index is -0.536. The Balaban J connectivity index is 1.74. The summed E-state index contributed by atoms with van der Waals surface area (Å²) in [6.07, 6.45) is 1.67. The molecule has 1 unspecified atom stereocenters. The van der Waals surface area contributed by atoms with Crippen molar-refractivity contribution in [3.8, 4) is 22.6 Å². The van der Waals surface area contributed by atoms with E-state index in [1.54, 1.807) is 30.5 Å². The summed E-state index contributed by atoms with van der Waals surface area (Å²) in [6, 6.07) is 15.8. The van der Waals surface area contributed by atoms with E-state index in [-0.39, 0.29) is 11.8 Å². The van der Waals surface area contributed by atoms with Crippen LogP contribution in [0.5, 0.6) is 11.5 Å². The molecule has 0 radical (unpaired) electrons. The minimum Gasteiger partial charge on any atom is -0.490 e. The molecule has 2 amide bonds. The lowest BCUT2D eigenvalue weighted by Crippen LogP contribution is -2.33. The van der Waals surface area contributed by atoms with Crippen LogP contribution in [-0.2, 0) is 0 Å². The monoisotopic (exact) mass is 416 g/mol. The number of ether oxygens (including phenoxy) is 2. The predicted molar refractivity (Wildman–Crippen MR) is 117 cm³/mol. The van der Waals surface area contributed by atoms with Gasteiger partial charge in [0.1, 0.15) is 0 Å². The van der Waals surface area contributed by atoms with Crippen molar-refractivity contribution in [3.63, 3.8) is 0 Å². The highest BCUT2D eigenvalue weighted by molar-refractivity contribution is 6.21. The molecule has 0 saturated carbocycles. The maximum atomic E-state index is 13.0. The summed E-state index contributed by atoms with van der Waals surface area (Å²) in [6.45, 7) is 6.71. The predicted octanol–water partition coefficient (Wildman–Crippen LogP) is 4.90. The molecule has 158 valence electrons. The number of hydrogen-bond donors (Lipinski definition) is 0. The van der Waals surface area contributed by atoms with Crippen molar-refractivity contribution in [3.05, 3.63) is 77.6 Å². The molecular formula is C25H24N2O4. The molecule has 4 rings (SSSR count). The van der Waals surface area contributed by atoms with E-state index in [2.05, 4.69) is 4.98 Å². The van der Waals surface area contributed by atoms with Gasteiger partial charge in [0, 0.05) is 11.8 Å². The molecule has 0 bridgehead atoms. The van der Waals surface area contributed by atoms with E-state index < -0.39 is 6.04 Å². The fourth-order valence-corrected chi connectivity index (χ4v) is 3.90. The SMILES string of the molecule is CCOc1ccc(-c2cccnc2C(C)N2C(=O)c3ccccc3C2=O)cc1OCC. The fourth-order valence-electron chi connectivity index (χ4n) is 3.90. The van der Waals surface area contributed by atoms with Gasteiger partial charge in [-0.05, 0) is 56.7 Å². The summed E-state index contributed by atoms with van der Waals surface area (Å²) in [5.74, 6) is 0.717. The maximum absolute atomic E-state index is 13.0. The van der Waals surface area contributed by atoms with Gasteiger partial charge in [0.25, 0.3) is 11.8 Å². The van der Waals surface area contributed by atoms with Gasteiger partial charge in [-0.2, -0.15) is 0 Å². The molecule has 1 aliphatic rings. The average Bonchev–Trinajstić information content (AvgIpc) is 3.05. The number of nitrogens with zero attached hydrogens (tertiary/aromatic N) is 2. The lowest BCUT2D eigenvalue weighted by Gasteiger charge is -2.24. The smallest absolute Gasteiger partial charge is 0.262 e. The maximum Gasteiger partial charge on any atom is 0.262 e. The number of pyridine rings is 1. The van der Waals surface area contributed by atoms with Crippen LogP contribution in [0.4, 0.5) is 0 Å². The summed E-state index contributed by atoms with van der Waals surface area (Å²) in [4.78, 5) is 31.8. The second kappa shape index (κ2) is 8.60. The number of fused-ring (bicyclic) bond motifs is 1. The molecule has 0 saturated heterocycles. The Kier molecular flexibility index (Phi) is 5.71. The van der Waals surface area contributed by atoms with Crippen molar-refractivity contribution in [2.75, 3.05) is 13.2 Å². The molecule has 6 nitrogen and oxygen atoms in total. The molecule has 1 aromatic heterocycles. The van der Waals surface area contributed by atoms with E-state index in [1.165, 1.54) is 4.90 Å². The molecule has 2 aromatic carbocycles. The van der Waals surface area contributed by atoms with Crippen LogP contribution in [0.1, 0.15) is 53.2 Å². The summed E-state index contributed by atoms with van der Waals surface area (Å²) >= 11 is 0. The second-order valence-corrected chi connectivity index (χ2v) is 7.17. The summed E-state index contributed by atoms with van der Waals surface area (Å²) < 4.78 is 11.4. The molecule has 6 heteroatoms. The zero-order valence-corrected chi connectivity index (χ0v) is 17.8. The molecule has 0 aliphatic carbocycles. The number of amides is 2. The van der Waals surface area contributed by atoms with Crippen LogP contribution in [0.3, 0.4) is 0 Å². The summed E-state index contributed by atoms with van der Waals surface area (Å²) in [5, 5.41) is 0. The van der Waals surface area contributed by atoms with Crippen LogP contribution in [0.15, 0.2) is 60.8 Å². The first-order valence-electron chi connectivity index (χ1n) is 10.4. The molecule has 0 N–H and O–H groups in total. The van der Waals surface area contributed by atoms with Crippen LogP contribution >= 0.6 is 0 Å². The second-order valence-electron chi connectivity index (χ2n) is 7.17. The number of rotatable bonds is 7. The highest BCUT2D eigenvalue weighted by Gasteiger charge is 2.39. The number of carbonyl (C=O) groups is 2. The molecular weight excluding hydrogens is 392 g/mol. The van der Waals surface area contributed by atoms with E-state index in [4.69, 9.17) is 9.47 Å². The Morgan fingerprint density at radius 3 is 2.10 bits per heavy atom. The van der Waals surface area contributed by atoms with Gasteiger partial charge in [-0.15, -0.1) is 0 Å². The van der Waals surface area contributed by atoms with Crippen molar-refractivity contribution in [1.82, 2.24) is 9.88 Å². The highest BCUT2D eigenvalue weighted by atomic mass is 16.5. The quantitative estimate of drug-likeness (QED) is 0.512. The van der Waals surface area contributed by atoms with Crippen LogP contribution in [-0.4, -0.2) is 34.9 Å². The van der Waals surface area contributed by atoms with Crippen molar-refractivity contribution in [1.29, 1.82) is 0 Å². The Bertz CT molecular complexity index is 1110. The van der Waals surface area contributed by atoms with Crippen molar-refractivity contribution in [2.24, 2.45) is 0 Å². The third kappa shape index (κ3) is 3.65. The summed E-state index contributed by atoms with van der Waals surface area (Å²) in [7, 11) is 0. The Morgan fingerprint density at radius 2 is 1.45 bits per heavy atom. The molecule has 3 aromatic rings. The topological polar surface area (TPSA) is 68.7 Å². The van der Waals surface area contributed by atoms with Gasteiger partial charge in [-0.3, -0.25) is 19.5 Å². The van der Waals surface area contributed by atoms with Crippen LogP contribution in [0.25, 0.3) is 11.1 Å². The summed E-state index contributed by atoms with van der Waals surface area (Å²) in [5.41, 5.74) is 3.20. The lowest BCUT2D eigenvalue weighted by atomic mass is 9.99.